The summed E-state index contributed by atoms with van der Waals surface area (Å²) in [6.45, 7) is 14.1. The lowest BCUT2D eigenvalue weighted by Gasteiger charge is -2.30. The summed E-state index contributed by atoms with van der Waals surface area (Å²) in [6, 6.07) is 7.16. The van der Waals surface area contributed by atoms with Gasteiger partial charge in [-0.15, -0.1) is 6.58 Å². The van der Waals surface area contributed by atoms with Crippen molar-refractivity contribution in [2.45, 2.75) is 64.0 Å². The Morgan fingerprint density at radius 3 is 2.48 bits per heavy atom. The normalized spacial score (nSPS) is 12.0. The van der Waals surface area contributed by atoms with Gasteiger partial charge in [0.15, 0.2) is 0 Å². The number of nitrogens with one attached hydrogen (secondary N) is 2. The van der Waals surface area contributed by atoms with Crippen molar-refractivity contribution >= 4 is 6.08 Å². The van der Waals surface area contributed by atoms with Crippen molar-refractivity contribution in [3.05, 3.63) is 66.4 Å². The van der Waals surface area contributed by atoms with Gasteiger partial charge in [-0.1, -0.05) is 62.8 Å². The highest BCUT2D eigenvalue weighted by Gasteiger charge is 2.18. The third kappa shape index (κ3) is 9.47. The lowest BCUT2D eigenvalue weighted by atomic mass is 9.98. The third-order valence-electron chi connectivity index (χ3n) is 5.64. The summed E-state index contributed by atoms with van der Waals surface area (Å²) in [5, 5.41) is 6.46. The first-order chi connectivity index (χ1) is 14.1. The molecule has 1 aromatic carbocycles. The van der Waals surface area contributed by atoms with Crippen LogP contribution in [-0.2, 0) is 13.0 Å². The second-order valence-electron chi connectivity index (χ2n) is 7.93. The molecule has 0 heterocycles. The number of hydrogen-bond donors (Lipinski definition) is 2. The summed E-state index contributed by atoms with van der Waals surface area (Å²) in [5.74, 6) is 0. The van der Waals surface area contributed by atoms with Crippen LogP contribution in [0.2, 0.25) is 0 Å². The minimum atomic E-state index is 0.289. The lowest BCUT2D eigenvalue weighted by Crippen LogP contribution is -2.36. The fourth-order valence-corrected chi connectivity index (χ4v) is 3.79. The van der Waals surface area contributed by atoms with Gasteiger partial charge in [0.2, 0.25) is 0 Å². The van der Waals surface area contributed by atoms with Gasteiger partial charge in [-0.3, -0.25) is 4.90 Å². The minimum Gasteiger partial charge on any atom is -0.391 e. The van der Waals surface area contributed by atoms with Crippen LogP contribution in [0, 0.1) is 0 Å². The lowest BCUT2D eigenvalue weighted by molar-refractivity contribution is 0.246. The quantitative estimate of drug-likeness (QED) is 0.267. The molecule has 29 heavy (non-hydrogen) atoms. The van der Waals surface area contributed by atoms with Crippen molar-refractivity contribution in [2.24, 2.45) is 0 Å². The highest BCUT2D eigenvalue weighted by Crippen LogP contribution is 2.21. The predicted molar refractivity (Wildman–Crippen MR) is 130 cm³/mol. The van der Waals surface area contributed by atoms with Crippen LogP contribution < -0.4 is 10.6 Å². The summed E-state index contributed by atoms with van der Waals surface area (Å²) >= 11 is 0. The molecule has 0 aliphatic rings. The van der Waals surface area contributed by atoms with Gasteiger partial charge in [0, 0.05) is 25.3 Å². The molecule has 0 aliphatic heterocycles. The van der Waals surface area contributed by atoms with Crippen LogP contribution in [0.4, 0.5) is 0 Å². The van der Waals surface area contributed by atoms with E-state index in [1.54, 1.807) is 0 Å². The molecule has 0 aromatic heterocycles. The van der Waals surface area contributed by atoms with E-state index in [4.69, 9.17) is 0 Å². The molecule has 0 bridgehead atoms. The highest BCUT2D eigenvalue weighted by molar-refractivity contribution is 5.53. The Hall–Kier alpha value is -1.84. The first kappa shape index (κ1) is 25.2. The van der Waals surface area contributed by atoms with Gasteiger partial charge >= 0.3 is 0 Å². The molecule has 0 fully saturated rings. The minimum absolute atomic E-state index is 0.289. The second kappa shape index (κ2) is 15.1. The van der Waals surface area contributed by atoms with Crippen molar-refractivity contribution < 1.29 is 0 Å². The molecule has 0 spiro atoms. The number of nitrogens with zero attached hydrogens (tertiary/aromatic N) is 1. The summed E-state index contributed by atoms with van der Waals surface area (Å²) in [6.07, 6.45) is 13.6. The average molecular weight is 398 g/mol. The molecule has 0 aliphatic carbocycles. The Balaban J connectivity index is 2.70. The smallest absolute Gasteiger partial charge is 0.0492 e. The fourth-order valence-electron chi connectivity index (χ4n) is 3.79. The monoisotopic (exact) mass is 397 g/mol. The standard InChI is InChI=1S/C26H43N3/c1-7-9-16-26(22(3)28-5)29(6)21-25-20-23(17-18-24(25)8-2)15-13-11-10-12-14-19-27-4/h7-8,17-18,20,26-28H,1-3,9-16,19,21H2,4-6H3. The summed E-state index contributed by atoms with van der Waals surface area (Å²) in [4.78, 5) is 2.39. The highest BCUT2D eigenvalue weighted by atomic mass is 15.1. The summed E-state index contributed by atoms with van der Waals surface area (Å²) in [5.41, 5.74) is 5.07. The van der Waals surface area contributed by atoms with E-state index in [1.807, 2.05) is 26.2 Å². The predicted octanol–water partition coefficient (Wildman–Crippen LogP) is 5.54. The first-order valence-corrected chi connectivity index (χ1v) is 11.1. The number of allylic oxidation sites excluding steroid dienone is 1. The van der Waals surface area contributed by atoms with Crippen LogP contribution in [-0.4, -0.2) is 38.6 Å². The number of aryl methyl sites for hydroxylation is 1. The number of hydrogen-bond acceptors (Lipinski definition) is 3. The number of rotatable bonds is 17. The van der Waals surface area contributed by atoms with Gasteiger partial charge in [-0.2, -0.15) is 0 Å². The number of benzene rings is 1. The molecule has 1 aromatic rings. The molecule has 1 unspecified atom stereocenters. The Morgan fingerprint density at radius 1 is 1.10 bits per heavy atom. The van der Waals surface area contributed by atoms with E-state index < -0.39 is 0 Å². The molecular weight excluding hydrogens is 354 g/mol. The van der Waals surface area contributed by atoms with Crippen LogP contribution >= 0.6 is 0 Å². The largest absolute Gasteiger partial charge is 0.391 e. The van der Waals surface area contributed by atoms with Crippen LogP contribution in [0.15, 0.2) is 49.7 Å². The van der Waals surface area contributed by atoms with Crippen LogP contribution in [0.25, 0.3) is 6.08 Å². The molecule has 2 N–H and O–H groups in total. The van der Waals surface area contributed by atoms with Crippen molar-refractivity contribution in [3.8, 4) is 0 Å². The molecular formula is C26H43N3. The van der Waals surface area contributed by atoms with Crippen molar-refractivity contribution in [1.82, 2.24) is 15.5 Å². The molecule has 3 heteroatoms. The van der Waals surface area contributed by atoms with E-state index >= 15 is 0 Å². The molecule has 1 rings (SSSR count). The maximum absolute atomic E-state index is 4.21. The fraction of sp³-hybridized carbons (Fsp3) is 0.538. The SMILES string of the molecule is C=CCCC(C(=C)NC)N(C)Cc1cc(CCCCCCCNC)ccc1C=C. The second-order valence-corrected chi connectivity index (χ2v) is 7.93. The van der Waals surface area contributed by atoms with E-state index in [2.05, 4.69) is 60.5 Å². The third-order valence-corrected chi connectivity index (χ3v) is 5.64. The molecule has 0 saturated carbocycles. The van der Waals surface area contributed by atoms with Gasteiger partial charge in [0.1, 0.15) is 0 Å². The number of likely N-dealkylation sites (N-methyl/N-ethyl adjacent to an activating group) is 2. The van der Waals surface area contributed by atoms with Crippen molar-refractivity contribution in [1.29, 1.82) is 0 Å². The Morgan fingerprint density at radius 2 is 1.83 bits per heavy atom. The zero-order chi connectivity index (χ0) is 21.5. The average Bonchev–Trinajstić information content (AvgIpc) is 2.73. The Labute approximate surface area is 180 Å². The van der Waals surface area contributed by atoms with Crippen molar-refractivity contribution in [3.63, 3.8) is 0 Å². The maximum atomic E-state index is 4.21. The van der Waals surface area contributed by atoms with Gasteiger partial charge < -0.3 is 10.6 Å². The molecule has 162 valence electrons. The molecule has 0 radical (unpaired) electrons. The summed E-state index contributed by atoms with van der Waals surface area (Å²) in [7, 11) is 6.16. The van der Waals surface area contributed by atoms with E-state index in [0.717, 1.165) is 38.0 Å². The maximum Gasteiger partial charge on any atom is 0.0492 e. The Bertz CT molecular complexity index is 620. The van der Waals surface area contributed by atoms with Crippen LogP contribution in [0.5, 0.6) is 0 Å². The molecule has 0 amide bonds. The molecule has 0 saturated heterocycles. The molecule has 1 atom stereocenters. The van der Waals surface area contributed by atoms with E-state index in [1.165, 1.54) is 48.8 Å². The topological polar surface area (TPSA) is 27.3 Å². The Kier molecular flexibility index (Phi) is 13.1. The van der Waals surface area contributed by atoms with Crippen molar-refractivity contribution in [2.75, 3.05) is 27.7 Å². The molecule has 3 nitrogen and oxygen atoms in total. The van der Waals surface area contributed by atoms with Gasteiger partial charge in [0.25, 0.3) is 0 Å². The van der Waals surface area contributed by atoms with E-state index in [9.17, 15) is 0 Å². The van der Waals surface area contributed by atoms with Crippen LogP contribution in [0.3, 0.4) is 0 Å². The van der Waals surface area contributed by atoms with E-state index in [0.29, 0.717) is 0 Å². The van der Waals surface area contributed by atoms with Gasteiger partial charge in [-0.05, 0) is 69.4 Å². The summed E-state index contributed by atoms with van der Waals surface area (Å²) < 4.78 is 0. The van der Waals surface area contributed by atoms with Gasteiger partial charge in [0.05, 0.1) is 0 Å². The number of unbranched alkanes of at least 4 members (excludes halogenated alkanes) is 4. The van der Waals surface area contributed by atoms with E-state index in [-0.39, 0.29) is 6.04 Å². The zero-order valence-corrected chi connectivity index (χ0v) is 19.1. The first-order valence-electron chi connectivity index (χ1n) is 11.1. The van der Waals surface area contributed by atoms with Crippen LogP contribution in [0.1, 0.15) is 61.6 Å². The zero-order valence-electron chi connectivity index (χ0n) is 19.1. The van der Waals surface area contributed by atoms with Gasteiger partial charge in [-0.25, -0.2) is 0 Å².